The van der Waals surface area contributed by atoms with Gasteiger partial charge in [0.1, 0.15) is 6.10 Å². The van der Waals surface area contributed by atoms with Crippen molar-refractivity contribution in [1.82, 2.24) is 4.90 Å². The molecule has 1 saturated heterocycles. The molecule has 1 heterocycles. The number of piperidine rings is 1. The molecule has 1 aliphatic heterocycles. The normalized spacial score (nSPS) is 14.5. The van der Waals surface area contributed by atoms with E-state index in [1.54, 1.807) is 0 Å². The van der Waals surface area contributed by atoms with Crippen LogP contribution in [0.2, 0.25) is 0 Å². The Hall–Kier alpha value is -1.17. The van der Waals surface area contributed by atoms with Crippen molar-refractivity contribution in [2.24, 2.45) is 0 Å². The van der Waals surface area contributed by atoms with E-state index in [-0.39, 0.29) is 12.1 Å². The molecule has 312 valence electrons. The summed E-state index contributed by atoms with van der Waals surface area (Å²) in [5.41, 5.74) is 0. The molecule has 0 radical (unpaired) electrons. The molecule has 0 saturated carbocycles. The Balaban J connectivity index is 2.11. The maximum Gasteiger partial charge on any atom is 0.306 e. The summed E-state index contributed by atoms with van der Waals surface area (Å²) in [6.45, 7) is 10.3. The van der Waals surface area contributed by atoms with Crippen molar-refractivity contribution in [1.29, 1.82) is 0 Å². The first-order valence-corrected chi connectivity index (χ1v) is 23.6. The molecule has 0 N–H and O–H groups in total. The first kappa shape index (κ1) is 49.8. The highest BCUT2D eigenvalue weighted by atomic mass is 16.6. The molecule has 0 aliphatic carbocycles. The van der Waals surface area contributed by atoms with Crippen LogP contribution in [0.15, 0.2) is 24.3 Å². The number of rotatable bonds is 41. The van der Waals surface area contributed by atoms with Crippen LogP contribution in [-0.4, -0.2) is 63.0 Å². The Morgan fingerprint density at radius 2 is 0.868 bits per heavy atom. The van der Waals surface area contributed by atoms with Gasteiger partial charge in [-0.05, 0) is 103 Å². The fraction of sp³-hybridized carbons (Fsp3) is 0.896. The minimum atomic E-state index is -0.305. The highest BCUT2D eigenvalue weighted by Crippen LogP contribution is 2.13. The van der Waals surface area contributed by atoms with Crippen molar-refractivity contribution in [3.8, 4) is 0 Å². The summed E-state index contributed by atoms with van der Waals surface area (Å²) >= 11 is 0. The molecular formula is C48H91NO4. The fourth-order valence-corrected chi connectivity index (χ4v) is 7.32. The number of esters is 1. The molecule has 1 aliphatic rings. The molecule has 53 heavy (non-hydrogen) atoms. The number of hydrogen-bond acceptors (Lipinski definition) is 5. The average molecular weight is 746 g/mol. The van der Waals surface area contributed by atoms with Crippen LogP contribution < -0.4 is 0 Å². The zero-order chi connectivity index (χ0) is 38.0. The molecule has 0 spiro atoms. The van der Waals surface area contributed by atoms with Crippen LogP contribution in [0.3, 0.4) is 0 Å². The van der Waals surface area contributed by atoms with Gasteiger partial charge in [-0.3, -0.25) is 4.79 Å². The summed E-state index contributed by atoms with van der Waals surface area (Å²) in [5, 5.41) is 0. The second kappa shape index (κ2) is 42.0. The van der Waals surface area contributed by atoms with Crippen molar-refractivity contribution < 1.29 is 19.0 Å². The third-order valence-corrected chi connectivity index (χ3v) is 10.8. The van der Waals surface area contributed by atoms with E-state index in [2.05, 4.69) is 43.1 Å². The van der Waals surface area contributed by atoms with Gasteiger partial charge in [-0.2, -0.15) is 0 Å². The Labute approximate surface area is 331 Å². The predicted octanol–water partition coefficient (Wildman–Crippen LogP) is 14.3. The van der Waals surface area contributed by atoms with Gasteiger partial charge in [-0.25, -0.2) is 0 Å². The quantitative estimate of drug-likeness (QED) is 0.0354. The third kappa shape index (κ3) is 37.5. The number of carbonyl (C=O) groups is 1. The largest absolute Gasteiger partial charge is 0.457 e. The number of likely N-dealkylation sites (tertiary alicyclic amines) is 1. The van der Waals surface area contributed by atoms with Gasteiger partial charge in [-0.1, -0.05) is 160 Å². The van der Waals surface area contributed by atoms with Crippen LogP contribution >= 0.6 is 0 Å². The van der Waals surface area contributed by atoms with Gasteiger partial charge in [0.15, 0.2) is 0 Å². The Kier molecular flexibility index (Phi) is 39.5. The highest BCUT2D eigenvalue weighted by Gasteiger charge is 2.16. The number of ether oxygens (including phenoxy) is 3. The summed E-state index contributed by atoms with van der Waals surface area (Å²) in [7, 11) is 0. The minimum Gasteiger partial charge on any atom is -0.457 e. The zero-order valence-electron chi connectivity index (χ0n) is 35.8. The molecular weight excluding hydrogens is 655 g/mol. The van der Waals surface area contributed by atoms with Gasteiger partial charge in [0, 0.05) is 19.6 Å². The smallest absolute Gasteiger partial charge is 0.306 e. The number of allylic oxidation sites excluding steroid dienone is 4. The van der Waals surface area contributed by atoms with Gasteiger partial charge in [0.2, 0.25) is 0 Å². The lowest BCUT2D eigenvalue weighted by Gasteiger charge is -2.26. The second-order valence-corrected chi connectivity index (χ2v) is 16.1. The Morgan fingerprint density at radius 1 is 0.491 bits per heavy atom. The van der Waals surface area contributed by atoms with Crippen LogP contribution in [0, 0.1) is 0 Å². The molecule has 0 atom stereocenters. The van der Waals surface area contributed by atoms with E-state index in [9.17, 15) is 4.79 Å². The Morgan fingerprint density at radius 3 is 1.28 bits per heavy atom. The topological polar surface area (TPSA) is 48.0 Å². The lowest BCUT2D eigenvalue weighted by molar-refractivity contribution is -0.156. The molecule has 5 heteroatoms. The molecule has 1 fully saturated rings. The van der Waals surface area contributed by atoms with Gasteiger partial charge in [0.05, 0.1) is 13.2 Å². The highest BCUT2D eigenvalue weighted by molar-refractivity contribution is 5.69. The van der Waals surface area contributed by atoms with Crippen molar-refractivity contribution in [2.45, 2.75) is 232 Å². The lowest BCUT2D eigenvalue weighted by atomic mass is 10.1. The predicted molar refractivity (Wildman–Crippen MR) is 230 cm³/mol. The summed E-state index contributed by atoms with van der Waals surface area (Å²) in [4.78, 5) is 15.2. The minimum absolute atomic E-state index is 0.103. The Bertz CT molecular complexity index is 746. The zero-order valence-corrected chi connectivity index (χ0v) is 35.8. The summed E-state index contributed by atoms with van der Waals surface area (Å²) < 4.78 is 17.9. The molecule has 0 aromatic rings. The van der Waals surface area contributed by atoms with Gasteiger partial charge < -0.3 is 19.1 Å². The molecule has 1 rings (SSSR count). The summed E-state index contributed by atoms with van der Waals surface area (Å²) in [6.07, 6.45) is 51.2. The van der Waals surface area contributed by atoms with Gasteiger partial charge in [-0.15, -0.1) is 0 Å². The van der Waals surface area contributed by atoms with Crippen LogP contribution in [0.1, 0.15) is 226 Å². The van der Waals surface area contributed by atoms with Crippen molar-refractivity contribution in [3.05, 3.63) is 24.3 Å². The number of nitrogens with zero attached hydrogens (tertiary/aromatic N) is 1. The van der Waals surface area contributed by atoms with E-state index in [0.717, 1.165) is 39.0 Å². The third-order valence-electron chi connectivity index (χ3n) is 10.8. The van der Waals surface area contributed by atoms with Crippen LogP contribution in [-0.2, 0) is 19.0 Å². The SMILES string of the molecule is CCCCCCCCC=CCCCCCCCCOCC(COCCCCCCCCC=CCCCCCCCC)OC(=O)CCCN1CCCCC1. The van der Waals surface area contributed by atoms with Gasteiger partial charge in [0.25, 0.3) is 0 Å². The van der Waals surface area contributed by atoms with Gasteiger partial charge >= 0.3 is 5.97 Å². The lowest BCUT2D eigenvalue weighted by Crippen LogP contribution is -2.32. The molecule has 0 unspecified atom stereocenters. The molecule has 0 aromatic carbocycles. The monoisotopic (exact) mass is 746 g/mol. The second-order valence-electron chi connectivity index (χ2n) is 16.1. The van der Waals surface area contributed by atoms with Crippen LogP contribution in [0.25, 0.3) is 0 Å². The van der Waals surface area contributed by atoms with E-state index < -0.39 is 0 Å². The summed E-state index contributed by atoms with van der Waals surface area (Å²) in [5.74, 6) is -0.103. The first-order chi connectivity index (χ1) is 26.3. The van der Waals surface area contributed by atoms with E-state index in [1.165, 1.54) is 199 Å². The maximum atomic E-state index is 12.7. The standard InChI is InChI=1S/C48H91NO4/c1-3-5-7-9-11-13-15-17-19-21-23-25-27-29-31-36-43-51-45-47(53-48(50)39-38-42-49-40-34-33-35-41-49)46-52-44-37-32-30-28-26-24-22-20-18-16-14-12-10-8-6-4-2/h17-20,47H,3-16,21-46H2,1-2H3. The maximum absolute atomic E-state index is 12.7. The van der Waals surface area contributed by atoms with Crippen molar-refractivity contribution in [3.63, 3.8) is 0 Å². The molecule has 0 aromatic heterocycles. The number of hydrogen-bond donors (Lipinski definition) is 0. The fourth-order valence-electron chi connectivity index (χ4n) is 7.32. The first-order valence-electron chi connectivity index (χ1n) is 23.6. The molecule has 0 amide bonds. The van der Waals surface area contributed by atoms with Crippen LogP contribution in [0.4, 0.5) is 0 Å². The van der Waals surface area contributed by atoms with Crippen molar-refractivity contribution >= 4 is 5.97 Å². The number of carbonyl (C=O) groups excluding carboxylic acids is 1. The van der Waals surface area contributed by atoms with E-state index >= 15 is 0 Å². The molecule has 5 nitrogen and oxygen atoms in total. The van der Waals surface area contributed by atoms with E-state index in [0.29, 0.717) is 19.6 Å². The number of unbranched alkanes of at least 4 members (excludes halogenated alkanes) is 24. The van der Waals surface area contributed by atoms with E-state index in [4.69, 9.17) is 14.2 Å². The molecule has 0 bridgehead atoms. The van der Waals surface area contributed by atoms with Crippen molar-refractivity contribution in [2.75, 3.05) is 46.1 Å². The summed E-state index contributed by atoms with van der Waals surface area (Å²) in [6, 6.07) is 0. The van der Waals surface area contributed by atoms with E-state index in [1.807, 2.05) is 0 Å². The van der Waals surface area contributed by atoms with Crippen LogP contribution in [0.5, 0.6) is 0 Å². The average Bonchev–Trinajstić information content (AvgIpc) is 3.17.